The molecule has 5 nitrogen and oxygen atoms in total. The van der Waals surface area contributed by atoms with Gasteiger partial charge in [0.2, 0.25) is 0 Å². The van der Waals surface area contributed by atoms with E-state index in [0.29, 0.717) is 17.0 Å². The van der Waals surface area contributed by atoms with Gasteiger partial charge in [-0.2, -0.15) is 0 Å². The van der Waals surface area contributed by atoms with Gasteiger partial charge < -0.3 is 15.1 Å². The quantitative estimate of drug-likeness (QED) is 0.838. The van der Waals surface area contributed by atoms with Crippen molar-refractivity contribution in [1.29, 1.82) is 0 Å². The summed E-state index contributed by atoms with van der Waals surface area (Å²) in [5, 5.41) is 5.46. The van der Waals surface area contributed by atoms with Gasteiger partial charge in [-0.15, -0.1) is 0 Å². The molecule has 0 spiro atoms. The fourth-order valence-corrected chi connectivity index (χ4v) is 1.76. The van der Waals surface area contributed by atoms with Crippen LogP contribution < -0.4 is 10.6 Å². The van der Waals surface area contributed by atoms with Crippen molar-refractivity contribution in [3.05, 3.63) is 54.0 Å². The van der Waals surface area contributed by atoms with Crippen LogP contribution >= 0.6 is 0 Å². The van der Waals surface area contributed by atoms with Crippen molar-refractivity contribution in [3.63, 3.8) is 0 Å². The molecule has 1 unspecified atom stereocenters. The van der Waals surface area contributed by atoms with Gasteiger partial charge in [0.25, 0.3) is 0 Å². The Kier molecular flexibility index (Phi) is 4.20. The molecule has 0 radical (unpaired) electrons. The fraction of sp³-hybridized carbons (Fsp3) is 0.200. The Bertz CT molecular complexity index is 588. The van der Waals surface area contributed by atoms with Gasteiger partial charge in [-0.25, -0.2) is 4.79 Å². The number of Topliss-reactive ketones (excluding diaryl/α,β-unsaturated/α-hetero) is 1. The summed E-state index contributed by atoms with van der Waals surface area (Å²) in [6.45, 7) is 3.33. The molecule has 0 saturated heterocycles. The second kappa shape index (κ2) is 6.06. The van der Waals surface area contributed by atoms with Gasteiger partial charge in [-0.1, -0.05) is 0 Å². The van der Waals surface area contributed by atoms with Crippen molar-refractivity contribution >= 4 is 17.5 Å². The molecule has 0 aliphatic heterocycles. The zero-order valence-electron chi connectivity index (χ0n) is 11.3. The van der Waals surface area contributed by atoms with Gasteiger partial charge in [0.15, 0.2) is 5.78 Å². The van der Waals surface area contributed by atoms with Crippen LogP contribution in [-0.2, 0) is 0 Å². The van der Waals surface area contributed by atoms with Gasteiger partial charge in [0, 0.05) is 11.3 Å². The molecule has 5 heteroatoms. The van der Waals surface area contributed by atoms with E-state index in [-0.39, 0.29) is 17.9 Å². The zero-order chi connectivity index (χ0) is 14.5. The number of anilines is 1. The zero-order valence-corrected chi connectivity index (χ0v) is 11.3. The standard InChI is InChI=1S/C15H16N2O3/c1-10(14-4-3-9-20-14)16-15(19)17-13-7-5-12(6-8-13)11(2)18/h3-10H,1-2H3,(H2,16,17,19). The van der Waals surface area contributed by atoms with Crippen LogP contribution in [0.3, 0.4) is 0 Å². The van der Waals surface area contributed by atoms with Crippen molar-refractivity contribution in [2.24, 2.45) is 0 Å². The summed E-state index contributed by atoms with van der Waals surface area (Å²) in [5.74, 6) is 0.680. The van der Waals surface area contributed by atoms with E-state index >= 15 is 0 Å². The number of hydrogen-bond donors (Lipinski definition) is 2. The van der Waals surface area contributed by atoms with Crippen LogP contribution in [0.1, 0.15) is 36.0 Å². The van der Waals surface area contributed by atoms with Gasteiger partial charge >= 0.3 is 6.03 Å². The summed E-state index contributed by atoms with van der Waals surface area (Å²) in [4.78, 5) is 23.0. The lowest BCUT2D eigenvalue weighted by Crippen LogP contribution is -2.30. The molecule has 0 aliphatic rings. The second-order valence-corrected chi connectivity index (χ2v) is 4.47. The Morgan fingerprint density at radius 1 is 1.15 bits per heavy atom. The lowest BCUT2D eigenvalue weighted by molar-refractivity contribution is 0.101. The third-order valence-electron chi connectivity index (χ3n) is 2.87. The molecule has 1 aromatic carbocycles. The molecule has 1 heterocycles. The topological polar surface area (TPSA) is 71.3 Å². The van der Waals surface area contributed by atoms with Gasteiger partial charge in [-0.05, 0) is 50.2 Å². The van der Waals surface area contributed by atoms with E-state index in [2.05, 4.69) is 10.6 Å². The SMILES string of the molecule is CC(=O)c1ccc(NC(=O)NC(C)c2ccco2)cc1. The number of ketones is 1. The maximum Gasteiger partial charge on any atom is 0.319 e. The maximum absolute atomic E-state index is 11.8. The van der Waals surface area contributed by atoms with E-state index in [1.54, 1.807) is 42.7 Å². The van der Waals surface area contributed by atoms with Crippen LogP contribution in [0.25, 0.3) is 0 Å². The molecule has 2 aromatic rings. The maximum atomic E-state index is 11.8. The molecule has 2 N–H and O–H groups in total. The Morgan fingerprint density at radius 3 is 2.40 bits per heavy atom. The van der Waals surface area contributed by atoms with Gasteiger partial charge in [0.1, 0.15) is 5.76 Å². The Hall–Kier alpha value is -2.56. The molecule has 0 aliphatic carbocycles. The first-order valence-electron chi connectivity index (χ1n) is 6.28. The minimum absolute atomic E-state index is 0.00700. The highest BCUT2D eigenvalue weighted by atomic mass is 16.3. The lowest BCUT2D eigenvalue weighted by atomic mass is 10.1. The van der Waals surface area contributed by atoms with Gasteiger partial charge in [0.05, 0.1) is 12.3 Å². The molecule has 20 heavy (non-hydrogen) atoms. The predicted molar refractivity (Wildman–Crippen MR) is 75.7 cm³/mol. The Labute approximate surface area is 117 Å². The van der Waals surface area contributed by atoms with E-state index in [0.717, 1.165) is 0 Å². The molecular weight excluding hydrogens is 256 g/mol. The van der Waals surface area contributed by atoms with Crippen LogP contribution in [0.4, 0.5) is 10.5 Å². The second-order valence-electron chi connectivity index (χ2n) is 4.47. The molecule has 2 amide bonds. The number of furan rings is 1. The number of carbonyl (C=O) groups is 2. The third-order valence-corrected chi connectivity index (χ3v) is 2.87. The largest absolute Gasteiger partial charge is 0.467 e. The molecule has 0 fully saturated rings. The molecule has 1 atom stereocenters. The number of urea groups is 1. The predicted octanol–water partition coefficient (Wildman–Crippen LogP) is 3.36. The molecule has 104 valence electrons. The number of rotatable bonds is 4. The van der Waals surface area contributed by atoms with Crippen molar-refractivity contribution in [3.8, 4) is 0 Å². The number of carbonyl (C=O) groups excluding carboxylic acids is 2. The number of benzene rings is 1. The summed E-state index contributed by atoms with van der Waals surface area (Å²) in [6, 6.07) is 9.74. The van der Waals surface area contributed by atoms with E-state index in [4.69, 9.17) is 4.42 Å². The highest BCUT2D eigenvalue weighted by Gasteiger charge is 2.11. The summed E-state index contributed by atoms with van der Waals surface area (Å²) in [6.07, 6.45) is 1.56. The molecule has 0 bridgehead atoms. The van der Waals surface area contributed by atoms with Crippen molar-refractivity contribution in [2.45, 2.75) is 19.9 Å². The normalized spacial score (nSPS) is 11.7. The number of hydrogen-bond acceptors (Lipinski definition) is 3. The average molecular weight is 272 g/mol. The number of amides is 2. The minimum atomic E-state index is -0.329. The van der Waals surface area contributed by atoms with Crippen LogP contribution in [-0.4, -0.2) is 11.8 Å². The summed E-state index contributed by atoms with van der Waals surface area (Å²) in [5.41, 5.74) is 1.24. The third kappa shape index (κ3) is 3.47. The van der Waals surface area contributed by atoms with Crippen LogP contribution in [0.2, 0.25) is 0 Å². The molecule has 0 saturated carbocycles. The van der Waals surface area contributed by atoms with Crippen molar-refractivity contribution in [1.82, 2.24) is 5.32 Å². The first kappa shape index (κ1) is 13.9. The van der Waals surface area contributed by atoms with Crippen molar-refractivity contribution in [2.75, 3.05) is 5.32 Å². The van der Waals surface area contributed by atoms with Crippen molar-refractivity contribution < 1.29 is 14.0 Å². The minimum Gasteiger partial charge on any atom is -0.467 e. The first-order valence-corrected chi connectivity index (χ1v) is 6.28. The van der Waals surface area contributed by atoms with Gasteiger partial charge in [-0.3, -0.25) is 4.79 Å². The van der Waals surface area contributed by atoms with Crippen LogP contribution in [0, 0.1) is 0 Å². The summed E-state index contributed by atoms with van der Waals surface area (Å²) < 4.78 is 5.21. The van der Waals surface area contributed by atoms with Crippen LogP contribution in [0.15, 0.2) is 47.1 Å². The Balaban J connectivity index is 1.92. The molecule has 1 aromatic heterocycles. The Morgan fingerprint density at radius 2 is 1.85 bits per heavy atom. The van der Waals surface area contributed by atoms with E-state index in [1.807, 2.05) is 6.92 Å². The van der Waals surface area contributed by atoms with E-state index in [1.165, 1.54) is 6.92 Å². The molecule has 2 rings (SSSR count). The monoisotopic (exact) mass is 272 g/mol. The summed E-state index contributed by atoms with van der Waals surface area (Å²) >= 11 is 0. The van der Waals surface area contributed by atoms with Crippen LogP contribution in [0.5, 0.6) is 0 Å². The first-order chi connectivity index (χ1) is 9.56. The van der Waals surface area contributed by atoms with E-state index < -0.39 is 0 Å². The smallest absolute Gasteiger partial charge is 0.319 e. The average Bonchev–Trinajstić information content (AvgIpc) is 2.93. The highest BCUT2D eigenvalue weighted by Crippen LogP contribution is 2.13. The van der Waals surface area contributed by atoms with E-state index in [9.17, 15) is 9.59 Å². The lowest BCUT2D eigenvalue weighted by Gasteiger charge is -2.12. The summed E-state index contributed by atoms with van der Waals surface area (Å²) in [7, 11) is 0. The molecular formula is C15H16N2O3. The highest BCUT2D eigenvalue weighted by molar-refractivity contribution is 5.95. The fourth-order valence-electron chi connectivity index (χ4n) is 1.76. The number of nitrogens with one attached hydrogen (secondary N) is 2.